The summed E-state index contributed by atoms with van der Waals surface area (Å²) in [5.74, 6) is 0. The molecule has 0 aromatic carbocycles. The summed E-state index contributed by atoms with van der Waals surface area (Å²) >= 11 is 3.96. The molecule has 0 unspecified atom stereocenters. The molecule has 0 aromatic heterocycles. The van der Waals surface area contributed by atoms with Crippen LogP contribution in [0.15, 0.2) is 0 Å². The van der Waals surface area contributed by atoms with Gasteiger partial charge in [-0.25, -0.2) is 0 Å². The predicted octanol–water partition coefficient (Wildman–Crippen LogP) is 9.39. The zero-order valence-corrected chi connectivity index (χ0v) is 20.0. The van der Waals surface area contributed by atoms with Gasteiger partial charge in [0.25, 0.3) is 0 Å². The summed E-state index contributed by atoms with van der Waals surface area (Å²) in [5.41, 5.74) is 0. The number of hydrogen-bond donors (Lipinski definition) is 0. The molecule has 0 amide bonds. The molecular weight excluding hydrogens is 375 g/mol. The fourth-order valence-corrected chi connectivity index (χ4v) is 5.41. The van der Waals surface area contributed by atoms with Crippen molar-refractivity contribution in [3.8, 4) is 0 Å². The average Bonchev–Trinajstić information content (AvgIpc) is 2.48. The van der Waals surface area contributed by atoms with Crippen LogP contribution in [0.4, 0.5) is 0 Å². The molecule has 0 spiro atoms. The van der Waals surface area contributed by atoms with Crippen LogP contribution in [0.1, 0.15) is 116 Å². The van der Waals surface area contributed by atoms with Gasteiger partial charge in [-0.05, 0) is 0 Å². The number of unbranched alkanes of at least 4 members (excludes halogenated alkanes) is 16. The molecule has 0 saturated heterocycles. The average molecular weight is 424 g/mol. The van der Waals surface area contributed by atoms with Gasteiger partial charge in [0.1, 0.15) is 0 Å². The molecule has 2 heteroatoms. The minimum atomic E-state index is -1.41. The van der Waals surface area contributed by atoms with E-state index < -0.39 is 5.31 Å². The second kappa shape index (κ2) is 15.0. The summed E-state index contributed by atoms with van der Waals surface area (Å²) in [4.78, 5) is 0. The fraction of sp³-hybridized carbons (Fsp3) is 1.00. The SMILES string of the molecule is CCCCCCCCCCCCCCCCCCCP(C)(C)(C)Br. The van der Waals surface area contributed by atoms with E-state index >= 15 is 0 Å². The second-order valence-electron chi connectivity index (χ2n) is 9.30. The number of rotatable bonds is 18. The minimum absolute atomic E-state index is 1.37. The van der Waals surface area contributed by atoms with Crippen molar-refractivity contribution in [2.75, 3.05) is 26.2 Å². The molecule has 0 bridgehead atoms. The standard InChI is InChI=1S/C22H48BrP/c1-5-6-7-8-9-10-11-12-13-14-15-16-17-18-19-20-21-22-24(2,3,4)23/h5-22H2,1-4H3. The molecule has 0 fully saturated rings. The van der Waals surface area contributed by atoms with Gasteiger partial charge < -0.3 is 0 Å². The molecule has 0 heterocycles. The van der Waals surface area contributed by atoms with Crippen LogP contribution in [0.3, 0.4) is 0 Å². The van der Waals surface area contributed by atoms with Crippen LogP contribution in [0.25, 0.3) is 0 Å². The summed E-state index contributed by atoms with van der Waals surface area (Å²) in [6.07, 6.45) is 26.3. The summed E-state index contributed by atoms with van der Waals surface area (Å²) in [5, 5.41) is -1.41. The Labute approximate surface area is 163 Å². The van der Waals surface area contributed by atoms with Crippen LogP contribution in [0.2, 0.25) is 0 Å². The molecule has 0 N–H and O–H groups in total. The van der Waals surface area contributed by atoms with Gasteiger partial charge in [-0.3, -0.25) is 0 Å². The molecule has 0 aliphatic carbocycles. The van der Waals surface area contributed by atoms with E-state index in [1.807, 2.05) is 0 Å². The molecule has 0 aliphatic rings. The van der Waals surface area contributed by atoms with Crippen molar-refractivity contribution in [1.82, 2.24) is 0 Å². The molecule has 24 heavy (non-hydrogen) atoms. The molecule has 0 radical (unpaired) electrons. The van der Waals surface area contributed by atoms with E-state index in [1.54, 1.807) is 0 Å². The Hall–Kier alpha value is 0.910. The Balaban J connectivity index is 3.08. The van der Waals surface area contributed by atoms with Crippen molar-refractivity contribution < 1.29 is 0 Å². The molecule has 0 saturated carbocycles. The quantitative estimate of drug-likeness (QED) is 0.152. The van der Waals surface area contributed by atoms with E-state index in [0.29, 0.717) is 0 Å². The van der Waals surface area contributed by atoms with Crippen molar-refractivity contribution in [2.45, 2.75) is 116 Å². The van der Waals surface area contributed by atoms with E-state index in [4.69, 9.17) is 0 Å². The molecular formula is C22H48BrP. The summed E-state index contributed by atoms with van der Waals surface area (Å²) in [6.45, 7) is 9.58. The molecule has 148 valence electrons. The maximum absolute atomic E-state index is 3.96. The topological polar surface area (TPSA) is 0 Å². The number of halogens is 1. The molecule has 0 rings (SSSR count). The fourth-order valence-electron chi connectivity index (χ4n) is 3.37. The Morgan fingerprint density at radius 1 is 0.458 bits per heavy atom. The monoisotopic (exact) mass is 422 g/mol. The van der Waals surface area contributed by atoms with Gasteiger partial charge in [0, 0.05) is 0 Å². The first kappa shape index (κ1) is 24.9. The molecule has 0 aliphatic heterocycles. The van der Waals surface area contributed by atoms with Crippen LogP contribution in [0, 0.1) is 0 Å². The second-order valence-corrected chi connectivity index (χ2v) is 23.5. The van der Waals surface area contributed by atoms with E-state index in [0.717, 1.165) is 0 Å². The molecule has 0 nitrogen and oxygen atoms in total. The van der Waals surface area contributed by atoms with Gasteiger partial charge in [-0.2, -0.15) is 0 Å². The third-order valence-corrected chi connectivity index (χ3v) is 7.91. The first-order valence-electron chi connectivity index (χ1n) is 11.0. The van der Waals surface area contributed by atoms with Gasteiger partial charge in [-0.1, -0.05) is 45.4 Å². The van der Waals surface area contributed by atoms with Crippen LogP contribution < -0.4 is 0 Å². The van der Waals surface area contributed by atoms with Crippen molar-refractivity contribution in [3.63, 3.8) is 0 Å². The van der Waals surface area contributed by atoms with Gasteiger partial charge >= 0.3 is 118 Å². The van der Waals surface area contributed by atoms with Crippen LogP contribution in [0.5, 0.6) is 0 Å². The van der Waals surface area contributed by atoms with Crippen molar-refractivity contribution >= 4 is 20.8 Å². The van der Waals surface area contributed by atoms with Crippen LogP contribution >= 0.6 is 20.8 Å². The van der Waals surface area contributed by atoms with Gasteiger partial charge in [0.05, 0.1) is 0 Å². The summed E-state index contributed by atoms with van der Waals surface area (Å²) in [7, 11) is 0. The van der Waals surface area contributed by atoms with E-state index in [2.05, 4.69) is 42.4 Å². The zero-order valence-electron chi connectivity index (χ0n) is 17.6. The molecule has 0 atom stereocenters. The maximum atomic E-state index is 3.96. The third-order valence-electron chi connectivity index (χ3n) is 5.02. The van der Waals surface area contributed by atoms with Crippen LogP contribution in [-0.4, -0.2) is 26.2 Å². The van der Waals surface area contributed by atoms with E-state index in [9.17, 15) is 0 Å². The van der Waals surface area contributed by atoms with Crippen LogP contribution in [-0.2, 0) is 0 Å². The summed E-state index contributed by atoms with van der Waals surface area (Å²) in [6, 6.07) is 0. The predicted molar refractivity (Wildman–Crippen MR) is 123 cm³/mol. The van der Waals surface area contributed by atoms with Crippen molar-refractivity contribution in [1.29, 1.82) is 0 Å². The summed E-state index contributed by atoms with van der Waals surface area (Å²) < 4.78 is 0. The van der Waals surface area contributed by atoms with Crippen molar-refractivity contribution in [2.24, 2.45) is 0 Å². The van der Waals surface area contributed by atoms with E-state index in [-0.39, 0.29) is 0 Å². The third kappa shape index (κ3) is 22.9. The van der Waals surface area contributed by atoms with E-state index in [1.165, 1.54) is 115 Å². The first-order chi connectivity index (χ1) is 11.3. The van der Waals surface area contributed by atoms with Gasteiger partial charge in [-0.15, -0.1) is 0 Å². The Bertz CT molecular complexity index is 258. The van der Waals surface area contributed by atoms with Gasteiger partial charge in [0.2, 0.25) is 0 Å². The normalized spacial score (nSPS) is 13.8. The van der Waals surface area contributed by atoms with Gasteiger partial charge in [0.15, 0.2) is 0 Å². The Morgan fingerprint density at radius 3 is 0.958 bits per heavy atom. The molecule has 0 aromatic rings. The number of hydrogen-bond acceptors (Lipinski definition) is 0. The zero-order chi connectivity index (χ0) is 18.2. The first-order valence-corrected chi connectivity index (χ1v) is 16.8. The van der Waals surface area contributed by atoms with Crippen molar-refractivity contribution in [3.05, 3.63) is 0 Å². The Morgan fingerprint density at radius 2 is 0.708 bits per heavy atom. The Kier molecular flexibility index (Phi) is 15.6.